The van der Waals surface area contributed by atoms with Gasteiger partial charge in [-0.2, -0.15) is 0 Å². The van der Waals surface area contributed by atoms with Crippen LogP contribution < -0.4 is 4.74 Å². The normalized spacial score (nSPS) is 15.2. The molecular weight excluding hydrogens is 657 g/mol. The van der Waals surface area contributed by atoms with E-state index in [2.05, 4.69) is 194 Å². The molecule has 0 saturated carbocycles. The van der Waals surface area contributed by atoms with E-state index in [0.717, 1.165) is 44.4 Å². The van der Waals surface area contributed by atoms with Crippen molar-refractivity contribution in [3.63, 3.8) is 0 Å². The maximum atomic E-state index is 7.01. The zero-order valence-electron chi connectivity index (χ0n) is 29.4. The van der Waals surface area contributed by atoms with Crippen LogP contribution in [0.15, 0.2) is 199 Å². The second-order valence-corrected chi connectivity index (χ2v) is 14.2. The lowest BCUT2D eigenvalue weighted by molar-refractivity contribution is 0.222. The average Bonchev–Trinajstić information content (AvgIpc) is 3.83. The minimum absolute atomic E-state index is 0.0416. The van der Waals surface area contributed by atoms with E-state index >= 15 is 0 Å². The highest BCUT2D eigenvalue weighted by atomic mass is 16.5. The molecule has 0 radical (unpaired) electrons. The Morgan fingerprint density at radius 1 is 0.370 bits per heavy atom. The lowest BCUT2D eigenvalue weighted by Crippen LogP contribution is -2.11. The van der Waals surface area contributed by atoms with Crippen molar-refractivity contribution in [2.45, 2.75) is 12.0 Å². The van der Waals surface area contributed by atoms with E-state index in [1.807, 2.05) is 0 Å². The van der Waals surface area contributed by atoms with Crippen LogP contribution in [0.3, 0.4) is 0 Å². The summed E-state index contributed by atoms with van der Waals surface area (Å²) in [7, 11) is 0. The molecule has 1 aromatic heterocycles. The molecule has 0 N–H and O–H groups in total. The van der Waals surface area contributed by atoms with Gasteiger partial charge in [0.1, 0.15) is 11.7 Å². The van der Waals surface area contributed by atoms with Crippen LogP contribution in [0.4, 0.5) is 0 Å². The Hall–Kier alpha value is -6.90. The van der Waals surface area contributed by atoms with Gasteiger partial charge in [-0.3, -0.25) is 0 Å². The van der Waals surface area contributed by atoms with E-state index < -0.39 is 0 Å². The van der Waals surface area contributed by atoms with Crippen molar-refractivity contribution >= 4 is 43.5 Å². The molecule has 0 amide bonds. The van der Waals surface area contributed by atoms with Gasteiger partial charge in [0.2, 0.25) is 0 Å². The fraction of sp³-hybridized carbons (Fsp3) is 0.0385. The van der Waals surface area contributed by atoms with Gasteiger partial charge in [0.15, 0.2) is 11.3 Å². The van der Waals surface area contributed by atoms with Gasteiger partial charge in [-0.1, -0.05) is 182 Å². The van der Waals surface area contributed by atoms with Crippen molar-refractivity contribution in [3.05, 3.63) is 211 Å². The minimum atomic E-state index is -0.166. The Morgan fingerprint density at radius 3 is 1.54 bits per heavy atom. The smallest absolute Gasteiger partial charge is 0.177 e. The van der Waals surface area contributed by atoms with Gasteiger partial charge in [0, 0.05) is 16.3 Å². The first kappa shape index (κ1) is 30.7. The number of rotatable bonds is 5. The Morgan fingerprint density at radius 2 is 0.889 bits per heavy atom. The Balaban J connectivity index is 1.17. The lowest BCUT2D eigenvalue weighted by atomic mass is 9.83. The van der Waals surface area contributed by atoms with Gasteiger partial charge in [-0.25, -0.2) is 0 Å². The highest BCUT2D eigenvalue weighted by molar-refractivity contribution is 6.26. The summed E-state index contributed by atoms with van der Waals surface area (Å²) in [5.41, 5.74) is 12.5. The predicted octanol–water partition coefficient (Wildman–Crippen LogP) is 14.2. The largest absolute Gasteiger partial charge is 0.480 e. The van der Waals surface area contributed by atoms with Crippen LogP contribution >= 0.6 is 0 Å². The van der Waals surface area contributed by atoms with Crippen molar-refractivity contribution < 1.29 is 9.15 Å². The van der Waals surface area contributed by atoms with E-state index in [4.69, 9.17) is 9.15 Å². The molecule has 54 heavy (non-hydrogen) atoms. The fourth-order valence-corrected chi connectivity index (χ4v) is 9.01. The van der Waals surface area contributed by atoms with E-state index in [1.165, 1.54) is 54.9 Å². The third kappa shape index (κ3) is 4.67. The van der Waals surface area contributed by atoms with Gasteiger partial charge in [0.05, 0.1) is 5.92 Å². The molecule has 0 spiro atoms. The van der Waals surface area contributed by atoms with Crippen LogP contribution in [0.2, 0.25) is 0 Å². The summed E-state index contributed by atoms with van der Waals surface area (Å²) in [6, 6.07) is 69.6. The van der Waals surface area contributed by atoms with Crippen LogP contribution in [0.25, 0.3) is 76.9 Å². The molecule has 11 rings (SSSR count). The van der Waals surface area contributed by atoms with Crippen molar-refractivity contribution in [2.24, 2.45) is 0 Å². The van der Waals surface area contributed by atoms with Crippen LogP contribution in [0.5, 0.6) is 5.75 Å². The molecule has 9 aromatic carbocycles. The molecule has 1 aliphatic heterocycles. The molecule has 2 heteroatoms. The molecule has 2 nitrogen and oxygen atoms in total. The quantitative estimate of drug-likeness (QED) is 0.168. The van der Waals surface area contributed by atoms with Gasteiger partial charge in [-0.15, -0.1) is 0 Å². The summed E-state index contributed by atoms with van der Waals surface area (Å²) in [4.78, 5) is 0. The number of furan rings is 1. The van der Waals surface area contributed by atoms with Crippen LogP contribution in [0, 0.1) is 0 Å². The summed E-state index contributed by atoms with van der Waals surface area (Å²) in [6.07, 6.45) is -0.166. The molecule has 10 aromatic rings. The zero-order valence-corrected chi connectivity index (χ0v) is 29.4. The summed E-state index contributed by atoms with van der Waals surface area (Å²) < 4.78 is 13.9. The predicted molar refractivity (Wildman–Crippen MR) is 223 cm³/mol. The standard InChI is InChI=1S/C52H34O2/c1-4-17-33(18-5-1)36-23-10-11-24-37(36)47-38-25-12-14-27-40(38)48(41-28-15-13-26-39(41)47)42-29-16-30-45-49(42)44-32-31-43-46(34-19-6-2-7-20-34)50(35-21-8-3-9-22-35)54-52(43)51(44)53-45/h1-32,46,50H. The Kier molecular flexibility index (Phi) is 7.03. The van der Waals surface area contributed by atoms with Crippen LogP contribution in [-0.4, -0.2) is 0 Å². The third-order valence-electron chi connectivity index (χ3n) is 11.3. The van der Waals surface area contributed by atoms with Crippen molar-refractivity contribution in [3.8, 4) is 39.1 Å². The topological polar surface area (TPSA) is 22.4 Å². The van der Waals surface area contributed by atoms with Gasteiger partial charge in [0.25, 0.3) is 0 Å². The van der Waals surface area contributed by atoms with Crippen molar-refractivity contribution in [1.82, 2.24) is 0 Å². The first-order chi connectivity index (χ1) is 26.8. The first-order valence-corrected chi connectivity index (χ1v) is 18.7. The number of benzene rings is 9. The molecule has 2 heterocycles. The maximum Gasteiger partial charge on any atom is 0.177 e. The molecule has 2 atom stereocenters. The summed E-state index contributed by atoms with van der Waals surface area (Å²) >= 11 is 0. The van der Waals surface area contributed by atoms with Crippen molar-refractivity contribution in [2.75, 3.05) is 0 Å². The first-order valence-electron chi connectivity index (χ1n) is 18.7. The third-order valence-corrected chi connectivity index (χ3v) is 11.3. The highest BCUT2D eigenvalue weighted by Crippen LogP contribution is 2.55. The number of ether oxygens (including phenoxy) is 1. The fourth-order valence-electron chi connectivity index (χ4n) is 9.01. The molecule has 0 saturated heterocycles. The molecular formula is C52H34O2. The Labute approximate surface area is 313 Å². The van der Waals surface area contributed by atoms with Gasteiger partial charge < -0.3 is 9.15 Å². The van der Waals surface area contributed by atoms with E-state index in [1.54, 1.807) is 0 Å². The van der Waals surface area contributed by atoms with Crippen molar-refractivity contribution in [1.29, 1.82) is 0 Å². The van der Waals surface area contributed by atoms with Gasteiger partial charge >= 0.3 is 0 Å². The van der Waals surface area contributed by atoms with E-state index in [-0.39, 0.29) is 12.0 Å². The highest BCUT2D eigenvalue weighted by Gasteiger charge is 2.39. The molecule has 254 valence electrons. The summed E-state index contributed by atoms with van der Waals surface area (Å²) in [6.45, 7) is 0. The maximum absolute atomic E-state index is 7.01. The monoisotopic (exact) mass is 690 g/mol. The van der Waals surface area contributed by atoms with Crippen LogP contribution in [0.1, 0.15) is 28.7 Å². The zero-order chi connectivity index (χ0) is 35.6. The SMILES string of the molecule is c1ccc(-c2ccccc2-c2c3ccccc3c(-c3cccc4oc5c6c(ccc5c34)C(c3ccccc3)C(c3ccccc3)O6)c3ccccc23)cc1. The van der Waals surface area contributed by atoms with E-state index in [0.29, 0.717) is 0 Å². The summed E-state index contributed by atoms with van der Waals surface area (Å²) in [5.74, 6) is 0.875. The summed E-state index contributed by atoms with van der Waals surface area (Å²) in [5, 5.41) is 7.03. The lowest BCUT2D eigenvalue weighted by Gasteiger charge is -2.20. The van der Waals surface area contributed by atoms with Gasteiger partial charge in [-0.05, 0) is 78.2 Å². The second kappa shape index (κ2) is 12.4. The molecule has 0 bridgehead atoms. The number of hydrogen-bond donors (Lipinski definition) is 0. The Bertz CT molecular complexity index is 2960. The molecule has 2 unspecified atom stereocenters. The van der Waals surface area contributed by atoms with E-state index in [9.17, 15) is 0 Å². The minimum Gasteiger partial charge on any atom is -0.480 e. The molecule has 1 aliphatic rings. The number of hydrogen-bond acceptors (Lipinski definition) is 2. The van der Waals surface area contributed by atoms with Crippen LogP contribution in [-0.2, 0) is 0 Å². The average molecular weight is 691 g/mol. The molecule has 0 fully saturated rings. The molecule has 0 aliphatic carbocycles. The number of fused-ring (bicyclic) bond motifs is 7. The second-order valence-electron chi connectivity index (χ2n) is 14.2.